The molecule has 2 nitrogen and oxygen atoms in total. The van der Waals surface area contributed by atoms with Gasteiger partial charge in [-0.2, -0.15) is 0 Å². The fraction of sp³-hybridized carbons (Fsp3) is 1.00. The van der Waals surface area contributed by atoms with Crippen molar-refractivity contribution in [3.8, 4) is 0 Å². The zero-order valence-electron chi connectivity index (χ0n) is 8.46. The van der Waals surface area contributed by atoms with Gasteiger partial charge in [-0.3, -0.25) is 0 Å². The minimum absolute atomic E-state index is 0.227. The molecule has 2 fully saturated rings. The molecule has 0 spiro atoms. The third-order valence-electron chi connectivity index (χ3n) is 3.50. The lowest BCUT2D eigenvalue weighted by atomic mass is 9.92. The molecule has 2 aliphatic rings. The molecule has 1 N–H and O–H groups in total. The van der Waals surface area contributed by atoms with E-state index >= 15 is 0 Å². The summed E-state index contributed by atoms with van der Waals surface area (Å²) in [7, 11) is 0. The van der Waals surface area contributed by atoms with Gasteiger partial charge in [0.25, 0.3) is 0 Å². The molecule has 0 radical (unpaired) electrons. The Morgan fingerprint density at radius 1 is 1.54 bits per heavy atom. The van der Waals surface area contributed by atoms with Gasteiger partial charge < -0.3 is 9.84 Å². The van der Waals surface area contributed by atoms with E-state index in [1.54, 1.807) is 0 Å². The Bertz CT molecular complexity index is 169. The molecule has 0 aromatic heterocycles. The van der Waals surface area contributed by atoms with Crippen molar-refractivity contribution < 1.29 is 9.84 Å². The molecule has 1 aliphatic heterocycles. The predicted octanol–water partition coefficient (Wildman–Crippen LogP) is 2.11. The van der Waals surface area contributed by atoms with Crippen LogP contribution in [0.25, 0.3) is 0 Å². The first kappa shape index (κ1) is 9.47. The van der Waals surface area contributed by atoms with Gasteiger partial charge in [-0.05, 0) is 38.5 Å². The van der Waals surface area contributed by atoms with Crippen LogP contribution >= 0.6 is 0 Å². The monoisotopic (exact) mass is 184 g/mol. The van der Waals surface area contributed by atoms with E-state index < -0.39 is 0 Å². The zero-order valence-corrected chi connectivity index (χ0v) is 8.46. The van der Waals surface area contributed by atoms with Gasteiger partial charge in [0.15, 0.2) is 0 Å². The molecule has 2 atom stereocenters. The molecule has 0 aromatic carbocycles. The summed E-state index contributed by atoms with van der Waals surface area (Å²) in [5.74, 6) is 0.916. The number of aliphatic hydroxyl groups excluding tert-OH is 1. The van der Waals surface area contributed by atoms with Crippen LogP contribution < -0.4 is 0 Å². The number of aliphatic hydroxyl groups is 1. The summed E-state index contributed by atoms with van der Waals surface area (Å²) in [6.45, 7) is 2.88. The molecule has 1 aliphatic carbocycles. The van der Waals surface area contributed by atoms with Crippen molar-refractivity contribution >= 4 is 0 Å². The normalized spacial score (nSPS) is 36.5. The average Bonchev–Trinajstić information content (AvgIpc) is 2.84. The van der Waals surface area contributed by atoms with Gasteiger partial charge in [0, 0.05) is 6.61 Å². The summed E-state index contributed by atoms with van der Waals surface area (Å²) in [5, 5.41) is 9.96. The third kappa shape index (κ3) is 2.23. The maximum atomic E-state index is 9.96. The molecule has 0 amide bonds. The lowest BCUT2D eigenvalue weighted by molar-refractivity contribution is -0.0812. The number of rotatable bonds is 4. The van der Waals surface area contributed by atoms with E-state index in [9.17, 15) is 5.11 Å². The number of ether oxygens (including phenoxy) is 1. The van der Waals surface area contributed by atoms with Crippen molar-refractivity contribution in [2.75, 3.05) is 6.61 Å². The van der Waals surface area contributed by atoms with E-state index in [1.165, 1.54) is 19.3 Å². The molecule has 76 valence electrons. The smallest absolute Gasteiger partial charge is 0.0913 e. The Labute approximate surface area is 80.3 Å². The minimum atomic E-state index is -0.240. The van der Waals surface area contributed by atoms with Crippen LogP contribution in [0.3, 0.4) is 0 Å². The van der Waals surface area contributed by atoms with Crippen molar-refractivity contribution in [3.05, 3.63) is 0 Å². The maximum Gasteiger partial charge on any atom is 0.0913 e. The van der Waals surface area contributed by atoms with Crippen LogP contribution in [0.4, 0.5) is 0 Å². The van der Waals surface area contributed by atoms with Crippen molar-refractivity contribution in [1.29, 1.82) is 0 Å². The van der Waals surface area contributed by atoms with Gasteiger partial charge in [-0.25, -0.2) is 0 Å². The Morgan fingerprint density at radius 2 is 2.31 bits per heavy atom. The van der Waals surface area contributed by atoms with Gasteiger partial charge in [-0.1, -0.05) is 12.8 Å². The van der Waals surface area contributed by atoms with E-state index in [2.05, 4.69) is 6.92 Å². The topological polar surface area (TPSA) is 29.5 Å². The molecule has 2 heteroatoms. The number of hydrogen-bond acceptors (Lipinski definition) is 2. The molecule has 2 unspecified atom stereocenters. The second-order valence-electron chi connectivity index (χ2n) is 4.80. The second-order valence-corrected chi connectivity index (χ2v) is 4.80. The van der Waals surface area contributed by atoms with Crippen molar-refractivity contribution in [3.63, 3.8) is 0 Å². The average molecular weight is 184 g/mol. The highest BCUT2D eigenvalue weighted by Gasteiger charge is 2.37. The lowest BCUT2D eigenvalue weighted by Crippen LogP contribution is -2.38. The highest BCUT2D eigenvalue weighted by atomic mass is 16.5. The molecule has 2 rings (SSSR count). The fourth-order valence-corrected chi connectivity index (χ4v) is 2.17. The SMILES string of the molecule is CC1(C(O)CCC2CC2)CCCO1. The highest BCUT2D eigenvalue weighted by Crippen LogP contribution is 2.37. The van der Waals surface area contributed by atoms with E-state index in [0.29, 0.717) is 0 Å². The first-order valence-corrected chi connectivity index (χ1v) is 5.53. The Kier molecular flexibility index (Phi) is 2.61. The van der Waals surface area contributed by atoms with Crippen LogP contribution in [-0.2, 0) is 4.74 Å². The Hall–Kier alpha value is -0.0800. The van der Waals surface area contributed by atoms with E-state index in [1.807, 2.05) is 0 Å². The summed E-state index contributed by atoms with van der Waals surface area (Å²) in [4.78, 5) is 0. The van der Waals surface area contributed by atoms with Crippen molar-refractivity contribution in [1.82, 2.24) is 0 Å². The molecule has 1 heterocycles. The quantitative estimate of drug-likeness (QED) is 0.725. The van der Waals surface area contributed by atoms with Crippen LogP contribution in [-0.4, -0.2) is 23.4 Å². The molecule has 0 aromatic rings. The summed E-state index contributed by atoms with van der Waals surface area (Å²) in [6, 6.07) is 0. The van der Waals surface area contributed by atoms with Crippen molar-refractivity contribution in [2.45, 2.75) is 57.2 Å². The fourth-order valence-electron chi connectivity index (χ4n) is 2.17. The van der Waals surface area contributed by atoms with Crippen LogP contribution in [0.5, 0.6) is 0 Å². The molecular weight excluding hydrogens is 164 g/mol. The van der Waals surface area contributed by atoms with Crippen LogP contribution in [0.15, 0.2) is 0 Å². The van der Waals surface area contributed by atoms with Gasteiger partial charge in [0.05, 0.1) is 11.7 Å². The summed E-state index contributed by atoms with van der Waals surface area (Å²) in [6.07, 6.45) is 6.78. The van der Waals surface area contributed by atoms with Gasteiger partial charge in [0.1, 0.15) is 0 Å². The predicted molar refractivity (Wildman–Crippen MR) is 51.6 cm³/mol. The highest BCUT2D eigenvalue weighted by molar-refractivity contribution is 4.88. The largest absolute Gasteiger partial charge is 0.390 e. The van der Waals surface area contributed by atoms with Crippen LogP contribution in [0.2, 0.25) is 0 Å². The second kappa shape index (κ2) is 3.58. The molecule has 13 heavy (non-hydrogen) atoms. The standard InChI is InChI=1S/C11H20O2/c1-11(7-2-8-13-11)10(12)6-5-9-3-4-9/h9-10,12H,2-8H2,1H3. The Morgan fingerprint density at radius 3 is 2.85 bits per heavy atom. The lowest BCUT2D eigenvalue weighted by Gasteiger charge is -2.29. The molecule has 1 saturated heterocycles. The summed E-state index contributed by atoms with van der Waals surface area (Å²) < 4.78 is 5.60. The van der Waals surface area contributed by atoms with Gasteiger partial charge in [0.2, 0.25) is 0 Å². The third-order valence-corrected chi connectivity index (χ3v) is 3.50. The molecular formula is C11H20O2. The molecule has 1 saturated carbocycles. The zero-order chi connectivity index (χ0) is 9.31. The number of hydrogen-bond donors (Lipinski definition) is 1. The molecule has 0 bridgehead atoms. The van der Waals surface area contributed by atoms with E-state index in [4.69, 9.17) is 4.74 Å². The van der Waals surface area contributed by atoms with E-state index in [-0.39, 0.29) is 11.7 Å². The van der Waals surface area contributed by atoms with Crippen LogP contribution in [0, 0.1) is 5.92 Å². The summed E-state index contributed by atoms with van der Waals surface area (Å²) >= 11 is 0. The van der Waals surface area contributed by atoms with Crippen LogP contribution in [0.1, 0.15) is 45.4 Å². The first-order chi connectivity index (χ1) is 6.21. The summed E-state index contributed by atoms with van der Waals surface area (Å²) in [5.41, 5.74) is -0.227. The van der Waals surface area contributed by atoms with Crippen molar-refractivity contribution in [2.24, 2.45) is 5.92 Å². The van der Waals surface area contributed by atoms with Gasteiger partial charge >= 0.3 is 0 Å². The maximum absolute atomic E-state index is 9.96. The van der Waals surface area contributed by atoms with Gasteiger partial charge in [-0.15, -0.1) is 0 Å². The Balaban J connectivity index is 1.76. The first-order valence-electron chi connectivity index (χ1n) is 5.53. The van der Waals surface area contributed by atoms with E-state index in [0.717, 1.165) is 31.8 Å². The minimum Gasteiger partial charge on any atom is -0.390 e.